The van der Waals surface area contributed by atoms with Crippen LogP contribution < -0.4 is 0 Å². The van der Waals surface area contributed by atoms with Crippen molar-refractivity contribution in [2.75, 3.05) is 0 Å². The van der Waals surface area contributed by atoms with E-state index >= 15 is 0 Å². The summed E-state index contributed by atoms with van der Waals surface area (Å²) in [5, 5.41) is 0. The van der Waals surface area contributed by atoms with Crippen LogP contribution in [0.3, 0.4) is 0 Å². The Hall–Kier alpha value is -0.330. The van der Waals surface area contributed by atoms with Crippen LogP contribution in [0.5, 0.6) is 0 Å². The second-order valence-corrected chi connectivity index (χ2v) is 7.03. The molecule has 1 unspecified atom stereocenters. The first-order valence-electron chi connectivity index (χ1n) is 8.77. The van der Waals surface area contributed by atoms with Gasteiger partial charge in [0.15, 0.2) is 0 Å². The zero-order valence-corrected chi connectivity index (χ0v) is 13.0. The largest absolute Gasteiger partial charge is 0.299 e. The molecule has 110 valence electrons. The maximum Gasteiger partial charge on any atom is 0.139 e. The van der Waals surface area contributed by atoms with E-state index in [0.717, 1.165) is 18.3 Å². The Morgan fingerprint density at radius 2 is 1.32 bits per heavy atom. The molecule has 1 atom stereocenters. The number of hydrogen-bond acceptors (Lipinski definition) is 1. The van der Waals surface area contributed by atoms with Crippen molar-refractivity contribution >= 4 is 5.78 Å². The van der Waals surface area contributed by atoms with Gasteiger partial charge in [-0.1, -0.05) is 52.4 Å². The van der Waals surface area contributed by atoms with Crippen LogP contribution in [-0.2, 0) is 4.79 Å². The molecule has 0 aromatic heterocycles. The molecule has 0 amide bonds. The molecule has 1 nitrogen and oxygen atoms in total. The van der Waals surface area contributed by atoms with Gasteiger partial charge in [0.2, 0.25) is 0 Å². The van der Waals surface area contributed by atoms with Gasteiger partial charge in [-0.25, -0.2) is 0 Å². The molecule has 2 saturated carbocycles. The van der Waals surface area contributed by atoms with E-state index in [1.807, 2.05) is 0 Å². The summed E-state index contributed by atoms with van der Waals surface area (Å²) in [5.41, 5.74) is 0. The number of hydrogen-bond donors (Lipinski definition) is 0. The van der Waals surface area contributed by atoms with Crippen molar-refractivity contribution in [2.24, 2.45) is 23.7 Å². The molecule has 2 rings (SSSR count). The molecule has 0 aromatic carbocycles. The summed E-state index contributed by atoms with van der Waals surface area (Å²) in [4.78, 5) is 12.9. The van der Waals surface area contributed by atoms with Gasteiger partial charge >= 0.3 is 0 Å². The minimum Gasteiger partial charge on any atom is -0.299 e. The van der Waals surface area contributed by atoms with Crippen LogP contribution in [-0.4, -0.2) is 5.78 Å². The number of Topliss-reactive ketones (excluding diaryl/α,β-unsaturated/α-hetero) is 1. The molecule has 0 N–H and O–H groups in total. The summed E-state index contributed by atoms with van der Waals surface area (Å²) in [6.45, 7) is 4.32. The average Bonchev–Trinajstić information content (AvgIpc) is 2.49. The summed E-state index contributed by atoms with van der Waals surface area (Å²) < 4.78 is 0. The van der Waals surface area contributed by atoms with Gasteiger partial charge in [-0.2, -0.15) is 0 Å². The molecule has 0 bridgehead atoms. The Morgan fingerprint density at radius 1 is 0.895 bits per heavy atom. The molecular weight excluding hydrogens is 232 g/mol. The van der Waals surface area contributed by atoms with Crippen LogP contribution in [0.2, 0.25) is 0 Å². The van der Waals surface area contributed by atoms with E-state index in [-0.39, 0.29) is 5.92 Å². The van der Waals surface area contributed by atoms with Crippen LogP contribution in [0.25, 0.3) is 0 Å². The van der Waals surface area contributed by atoms with Crippen molar-refractivity contribution < 1.29 is 4.79 Å². The summed E-state index contributed by atoms with van der Waals surface area (Å²) in [5.74, 6) is 2.75. The third-order valence-corrected chi connectivity index (χ3v) is 5.74. The smallest absolute Gasteiger partial charge is 0.139 e. The van der Waals surface area contributed by atoms with Crippen molar-refractivity contribution in [3.8, 4) is 0 Å². The molecule has 0 saturated heterocycles. The maximum atomic E-state index is 12.9. The van der Waals surface area contributed by atoms with Gasteiger partial charge in [0.25, 0.3) is 0 Å². The summed E-state index contributed by atoms with van der Waals surface area (Å²) >= 11 is 0. The van der Waals surface area contributed by atoms with E-state index in [1.165, 1.54) is 64.2 Å². The van der Waals surface area contributed by atoms with Crippen LogP contribution >= 0.6 is 0 Å². The predicted octanol–water partition coefficient (Wildman–Crippen LogP) is 5.38. The van der Waals surface area contributed by atoms with Gasteiger partial charge in [0, 0.05) is 11.8 Å². The molecule has 2 aliphatic carbocycles. The van der Waals surface area contributed by atoms with E-state index in [1.54, 1.807) is 0 Å². The van der Waals surface area contributed by atoms with E-state index in [2.05, 4.69) is 13.8 Å². The lowest BCUT2D eigenvalue weighted by Gasteiger charge is -2.38. The molecule has 2 aliphatic rings. The lowest BCUT2D eigenvalue weighted by Crippen LogP contribution is -2.36. The van der Waals surface area contributed by atoms with Crippen LogP contribution in [0.4, 0.5) is 0 Å². The minimum absolute atomic E-state index is 0.286. The molecule has 19 heavy (non-hydrogen) atoms. The molecule has 2 fully saturated rings. The van der Waals surface area contributed by atoms with Crippen molar-refractivity contribution in [1.82, 2.24) is 0 Å². The highest BCUT2D eigenvalue weighted by molar-refractivity contribution is 5.83. The lowest BCUT2D eigenvalue weighted by molar-refractivity contribution is -0.131. The molecular formula is C18H32O. The predicted molar refractivity (Wildman–Crippen MR) is 81.1 cm³/mol. The van der Waals surface area contributed by atoms with Crippen molar-refractivity contribution in [3.63, 3.8) is 0 Å². The topological polar surface area (TPSA) is 17.1 Å². The van der Waals surface area contributed by atoms with Crippen molar-refractivity contribution in [3.05, 3.63) is 0 Å². The Bertz CT molecular complexity index is 253. The number of rotatable bonds is 5. The first kappa shape index (κ1) is 15.1. The summed E-state index contributed by atoms with van der Waals surface area (Å²) in [6.07, 6.45) is 14.6. The fraction of sp³-hybridized carbons (Fsp3) is 0.944. The highest BCUT2D eigenvalue weighted by Crippen LogP contribution is 2.41. The van der Waals surface area contributed by atoms with Crippen molar-refractivity contribution in [1.29, 1.82) is 0 Å². The zero-order valence-electron chi connectivity index (χ0n) is 13.0. The molecule has 0 spiro atoms. The van der Waals surface area contributed by atoms with E-state index in [9.17, 15) is 4.79 Å². The average molecular weight is 264 g/mol. The Kier molecular flexibility index (Phi) is 5.91. The SMILES string of the molecule is CCC(C)C(=O)C(C1CCCCC1)C1CCCCC1. The third kappa shape index (κ3) is 3.83. The second kappa shape index (κ2) is 7.45. The number of ketones is 1. The molecule has 0 heterocycles. The monoisotopic (exact) mass is 264 g/mol. The molecule has 1 heteroatoms. The van der Waals surface area contributed by atoms with Crippen LogP contribution in [0.15, 0.2) is 0 Å². The Labute approximate surface area is 119 Å². The molecule has 0 radical (unpaired) electrons. The first-order valence-corrected chi connectivity index (χ1v) is 8.77. The molecule has 0 aliphatic heterocycles. The standard InChI is InChI=1S/C18H32O/c1-3-14(2)18(19)17(15-10-6-4-7-11-15)16-12-8-5-9-13-16/h14-17H,3-13H2,1-2H3. The van der Waals surface area contributed by atoms with Gasteiger partial charge in [-0.3, -0.25) is 4.79 Å². The highest BCUT2D eigenvalue weighted by atomic mass is 16.1. The Balaban J connectivity index is 2.08. The maximum absolute atomic E-state index is 12.9. The fourth-order valence-corrected chi connectivity index (χ4v) is 4.37. The number of carbonyl (C=O) groups is 1. The third-order valence-electron chi connectivity index (χ3n) is 5.74. The van der Waals surface area contributed by atoms with E-state index < -0.39 is 0 Å². The van der Waals surface area contributed by atoms with E-state index in [4.69, 9.17) is 0 Å². The molecule has 0 aromatic rings. The Morgan fingerprint density at radius 3 is 1.68 bits per heavy atom. The van der Waals surface area contributed by atoms with Crippen LogP contribution in [0, 0.1) is 23.7 Å². The van der Waals surface area contributed by atoms with E-state index in [0.29, 0.717) is 11.7 Å². The lowest BCUT2D eigenvalue weighted by atomic mass is 9.66. The summed E-state index contributed by atoms with van der Waals surface area (Å²) in [6, 6.07) is 0. The van der Waals surface area contributed by atoms with Crippen molar-refractivity contribution in [2.45, 2.75) is 84.5 Å². The number of carbonyl (C=O) groups excluding carboxylic acids is 1. The zero-order chi connectivity index (χ0) is 13.7. The second-order valence-electron chi connectivity index (χ2n) is 7.03. The van der Waals surface area contributed by atoms with Crippen LogP contribution in [0.1, 0.15) is 84.5 Å². The normalized spacial score (nSPS) is 24.6. The summed E-state index contributed by atoms with van der Waals surface area (Å²) in [7, 11) is 0. The fourth-order valence-electron chi connectivity index (χ4n) is 4.37. The highest BCUT2D eigenvalue weighted by Gasteiger charge is 2.37. The van der Waals surface area contributed by atoms with Gasteiger partial charge in [-0.15, -0.1) is 0 Å². The quantitative estimate of drug-likeness (QED) is 0.651. The van der Waals surface area contributed by atoms with Gasteiger partial charge in [-0.05, 0) is 43.9 Å². The van der Waals surface area contributed by atoms with Gasteiger partial charge in [0.05, 0.1) is 0 Å². The first-order chi connectivity index (χ1) is 9.24. The minimum atomic E-state index is 0.286. The van der Waals surface area contributed by atoms with Gasteiger partial charge in [0.1, 0.15) is 5.78 Å². The van der Waals surface area contributed by atoms with Gasteiger partial charge < -0.3 is 0 Å².